The molecule has 1 amide bonds. The summed E-state index contributed by atoms with van der Waals surface area (Å²) in [6.07, 6.45) is 0. The van der Waals surface area contributed by atoms with Gasteiger partial charge in [-0.2, -0.15) is 0 Å². The standard InChI is InChI=1S/C22H24N4OS/c27-21(23-19-9-5-2-6-10-19)15-25-11-13-26(14-12-25)16-22-24-20(17-28-22)18-7-3-1-4-8-18/h1-10,17H,11-16H2,(H,23,27). The molecule has 4 rings (SSSR count). The highest BCUT2D eigenvalue weighted by Crippen LogP contribution is 2.22. The molecule has 0 bridgehead atoms. The highest BCUT2D eigenvalue weighted by atomic mass is 32.1. The Hall–Kier alpha value is -2.54. The van der Waals surface area contributed by atoms with Crippen molar-refractivity contribution in [1.82, 2.24) is 14.8 Å². The first kappa shape index (κ1) is 18.8. The van der Waals surface area contributed by atoms with Gasteiger partial charge in [-0.15, -0.1) is 11.3 Å². The number of thiazole rings is 1. The SMILES string of the molecule is O=C(CN1CCN(Cc2nc(-c3ccccc3)cs2)CC1)Nc1ccccc1. The second-order valence-electron chi connectivity index (χ2n) is 6.96. The third-order valence-electron chi connectivity index (χ3n) is 4.87. The van der Waals surface area contributed by atoms with E-state index in [1.54, 1.807) is 11.3 Å². The van der Waals surface area contributed by atoms with Gasteiger partial charge in [-0.3, -0.25) is 14.6 Å². The molecule has 5 nitrogen and oxygen atoms in total. The van der Waals surface area contributed by atoms with Crippen molar-refractivity contribution in [3.8, 4) is 11.3 Å². The van der Waals surface area contributed by atoms with Crippen LogP contribution in [0, 0.1) is 0 Å². The van der Waals surface area contributed by atoms with Crippen LogP contribution in [0.3, 0.4) is 0 Å². The summed E-state index contributed by atoms with van der Waals surface area (Å²) in [6.45, 7) is 5.04. The molecule has 0 aliphatic carbocycles. The van der Waals surface area contributed by atoms with Crippen LogP contribution in [0.25, 0.3) is 11.3 Å². The van der Waals surface area contributed by atoms with Crippen molar-refractivity contribution in [2.75, 3.05) is 38.0 Å². The summed E-state index contributed by atoms with van der Waals surface area (Å²) in [6, 6.07) is 19.9. The Labute approximate surface area is 169 Å². The topological polar surface area (TPSA) is 48.5 Å². The van der Waals surface area contributed by atoms with Gasteiger partial charge < -0.3 is 5.32 Å². The molecule has 2 heterocycles. The number of benzene rings is 2. The molecule has 1 aromatic heterocycles. The molecule has 0 saturated carbocycles. The smallest absolute Gasteiger partial charge is 0.238 e. The number of amides is 1. The van der Waals surface area contributed by atoms with E-state index in [1.165, 1.54) is 5.56 Å². The van der Waals surface area contributed by atoms with Crippen molar-refractivity contribution in [2.45, 2.75) is 6.54 Å². The number of carbonyl (C=O) groups is 1. The number of nitrogens with one attached hydrogen (secondary N) is 1. The van der Waals surface area contributed by atoms with Crippen LogP contribution in [0.1, 0.15) is 5.01 Å². The number of piperazine rings is 1. The number of hydrogen-bond acceptors (Lipinski definition) is 5. The van der Waals surface area contributed by atoms with E-state index in [1.807, 2.05) is 48.5 Å². The van der Waals surface area contributed by atoms with Gasteiger partial charge in [0.25, 0.3) is 0 Å². The van der Waals surface area contributed by atoms with E-state index in [9.17, 15) is 4.79 Å². The summed E-state index contributed by atoms with van der Waals surface area (Å²) < 4.78 is 0. The van der Waals surface area contributed by atoms with Gasteiger partial charge in [-0.1, -0.05) is 48.5 Å². The van der Waals surface area contributed by atoms with Gasteiger partial charge >= 0.3 is 0 Å². The Balaban J connectivity index is 1.23. The average molecular weight is 393 g/mol. The first-order valence-corrected chi connectivity index (χ1v) is 10.4. The van der Waals surface area contributed by atoms with Crippen molar-refractivity contribution in [1.29, 1.82) is 0 Å². The number of rotatable bonds is 6. The minimum absolute atomic E-state index is 0.0482. The van der Waals surface area contributed by atoms with Gasteiger partial charge in [0.2, 0.25) is 5.91 Å². The second kappa shape index (κ2) is 9.10. The van der Waals surface area contributed by atoms with Crippen LogP contribution in [-0.4, -0.2) is 53.4 Å². The van der Waals surface area contributed by atoms with E-state index in [-0.39, 0.29) is 5.91 Å². The van der Waals surface area contributed by atoms with Crippen LogP contribution < -0.4 is 5.32 Å². The van der Waals surface area contributed by atoms with Gasteiger partial charge in [0.1, 0.15) is 5.01 Å². The number of para-hydroxylation sites is 1. The molecule has 28 heavy (non-hydrogen) atoms. The molecule has 1 fully saturated rings. The van der Waals surface area contributed by atoms with Crippen LogP contribution in [0.2, 0.25) is 0 Å². The number of aromatic nitrogens is 1. The lowest BCUT2D eigenvalue weighted by Gasteiger charge is -2.33. The first-order valence-electron chi connectivity index (χ1n) is 9.56. The van der Waals surface area contributed by atoms with E-state index >= 15 is 0 Å². The van der Waals surface area contributed by atoms with Crippen molar-refractivity contribution in [3.63, 3.8) is 0 Å². The molecular formula is C22H24N4OS. The molecule has 0 atom stereocenters. The maximum atomic E-state index is 12.2. The normalized spacial score (nSPS) is 15.4. The summed E-state index contributed by atoms with van der Waals surface area (Å²) >= 11 is 1.72. The molecule has 0 unspecified atom stereocenters. The molecule has 1 aliphatic rings. The highest BCUT2D eigenvalue weighted by Gasteiger charge is 2.20. The van der Waals surface area contributed by atoms with Gasteiger partial charge in [-0.05, 0) is 12.1 Å². The molecular weight excluding hydrogens is 368 g/mol. The number of carbonyl (C=O) groups excluding carboxylic acids is 1. The summed E-state index contributed by atoms with van der Waals surface area (Å²) in [7, 11) is 0. The average Bonchev–Trinajstić information content (AvgIpc) is 3.19. The van der Waals surface area contributed by atoms with Crippen molar-refractivity contribution >= 4 is 22.9 Å². The quantitative estimate of drug-likeness (QED) is 0.697. The molecule has 0 spiro atoms. The number of nitrogens with zero attached hydrogens (tertiary/aromatic N) is 3. The molecule has 1 N–H and O–H groups in total. The van der Waals surface area contributed by atoms with E-state index in [4.69, 9.17) is 4.98 Å². The fourth-order valence-electron chi connectivity index (χ4n) is 3.35. The highest BCUT2D eigenvalue weighted by molar-refractivity contribution is 7.09. The Morgan fingerprint density at radius 1 is 0.929 bits per heavy atom. The van der Waals surface area contributed by atoms with Gasteiger partial charge in [-0.25, -0.2) is 4.98 Å². The van der Waals surface area contributed by atoms with Crippen LogP contribution in [0.5, 0.6) is 0 Å². The van der Waals surface area contributed by atoms with E-state index in [0.717, 1.165) is 49.1 Å². The van der Waals surface area contributed by atoms with Crippen LogP contribution in [0.4, 0.5) is 5.69 Å². The molecule has 0 radical (unpaired) electrons. The lowest BCUT2D eigenvalue weighted by Crippen LogP contribution is -2.48. The monoisotopic (exact) mass is 392 g/mol. The molecule has 1 aliphatic heterocycles. The predicted octanol–water partition coefficient (Wildman–Crippen LogP) is 3.57. The molecule has 144 valence electrons. The van der Waals surface area contributed by atoms with E-state index < -0.39 is 0 Å². The Morgan fingerprint density at radius 2 is 1.57 bits per heavy atom. The molecule has 1 saturated heterocycles. The van der Waals surface area contributed by atoms with Crippen molar-refractivity contribution < 1.29 is 4.79 Å². The van der Waals surface area contributed by atoms with Crippen LogP contribution >= 0.6 is 11.3 Å². The largest absolute Gasteiger partial charge is 0.325 e. The van der Waals surface area contributed by atoms with E-state index in [2.05, 4.69) is 32.6 Å². The molecule has 6 heteroatoms. The third-order valence-corrected chi connectivity index (χ3v) is 5.70. The lowest BCUT2D eigenvalue weighted by molar-refractivity contribution is -0.117. The maximum Gasteiger partial charge on any atom is 0.238 e. The summed E-state index contributed by atoms with van der Waals surface area (Å²) in [4.78, 5) is 21.6. The minimum atomic E-state index is 0.0482. The Morgan fingerprint density at radius 3 is 2.29 bits per heavy atom. The fraction of sp³-hybridized carbons (Fsp3) is 0.273. The van der Waals surface area contributed by atoms with Crippen LogP contribution in [0.15, 0.2) is 66.0 Å². The first-order chi connectivity index (χ1) is 13.8. The molecule has 2 aromatic carbocycles. The Bertz CT molecular complexity index is 889. The van der Waals surface area contributed by atoms with Crippen molar-refractivity contribution in [3.05, 3.63) is 71.1 Å². The maximum absolute atomic E-state index is 12.2. The Kier molecular flexibility index (Phi) is 6.11. The minimum Gasteiger partial charge on any atom is -0.325 e. The van der Waals surface area contributed by atoms with E-state index in [0.29, 0.717) is 6.54 Å². The van der Waals surface area contributed by atoms with Gasteiger partial charge in [0.05, 0.1) is 18.8 Å². The predicted molar refractivity (Wildman–Crippen MR) is 114 cm³/mol. The van der Waals surface area contributed by atoms with Gasteiger partial charge in [0, 0.05) is 42.8 Å². The fourth-order valence-corrected chi connectivity index (χ4v) is 4.19. The zero-order chi connectivity index (χ0) is 19.2. The summed E-state index contributed by atoms with van der Waals surface area (Å²) in [5, 5.41) is 6.24. The zero-order valence-corrected chi connectivity index (χ0v) is 16.6. The number of anilines is 1. The number of hydrogen-bond donors (Lipinski definition) is 1. The molecule has 3 aromatic rings. The zero-order valence-electron chi connectivity index (χ0n) is 15.8. The second-order valence-corrected chi connectivity index (χ2v) is 7.90. The van der Waals surface area contributed by atoms with Gasteiger partial charge in [0.15, 0.2) is 0 Å². The lowest BCUT2D eigenvalue weighted by atomic mass is 10.2. The van der Waals surface area contributed by atoms with Crippen LogP contribution in [-0.2, 0) is 11.3 Å². The van der Waals surface area contributed by atoms with Crippen molar-refractivity contribution in [2.24, 2.45) is 0 Å². The summed E-state index contributed by atoms with van der Waals surface area (Å²) in [5.74, 6) is 0.0482. The third kappa shape index (κ3) is 5.04. The summed E-state index contributed by atoms with van der Waals surface area (Å²) in [5.41, 5.74) is 3.07.